The predicted octanol–water partition coefficient (Wildman–Crippen LogP) is 2.76. The van der Waals surface area contributed by atoms with Crippen LogP contribution in [0.25, 0.3) is 0 Å². The molecule has 0 saturated heterocycles. The van der Waals surface area contributed by atoms with Crippen LogP contribution in [0, 0.1) is 11.3 Å². The molecule has 1 aromatic carbocycles. The number of hydrogen-bond acceptors (Lipinski definition) is 3. The summed E-state index contributed by atoms with van der Waals surface area (Å²) in [6.45, 7) is 5.48. The van der Waals surface area contributed by atoms with E-state index in [-0.39, 0.29) is 6.61 Å². The van der Waals surface area contributed by atoms with Crippen molar-refractivity contribution in [2.75, 3.05) is 19.8 Å². The van der Waals surface area contributed by atoms with Gasteiger partial charge < -0.3 is 14.6 Å². The van der Waals surface area contributed by atoms with Gasteiger partial charge in [0.1, 0.15) is 17.8 Å². The Balaban J connectivity index is 2.03. The first-order valence-electron chi connectivity index (χ1n) is 7.05. The van der Waals surface area contributed by atoms with Crippen molar-refractivity contribution < 1.29 is 19.4 Å². The maximum atomic E-state index is 11.7. The Morgan fingerprint density at radius 2 is 2.20 bits per heavy atom. The quantitative estimate of drug-likeness (QED) is 0.813. The number of benzene rings is 1. The largest absolute Gasteiger partial charge is 0.492 e. The number of ether oxygens (including phenoxy) is 2. The van der Waals surface area contributed by atoms with Gasteiger partial charge in [-0.05, 0) is 30.4 Å². The molecular weight excluding hydrogens is 256 g/mol. The highest BCUT2D eigenvalue weighted by atomic mass is 16.5. The predicted molar refractivity (Wildman–Crippen MR) is 76.0 cm³/mol. The summed E-state index contributed by atoms with van der Waals surface area (Å²) in [5.74, 6) is 0.451. The Bertz CT molecular complexity index is 469. The zero-order chi connectivity index (χ0) is 14.6. The highest BCUT2D eigenvalue weighted by molar-refractivity contribution is 5.76. The van der Waals surface area contributed by atoms with Crippen molar-refractivity contribution in [3.05, 3.63) is 29.8 Å². The minimum atomic E-state index is -0.870. The molecule has 0 aromatic heterocycles. The number of carbonyl (C=O) groups is 1. The molecule has 1 aliphatic rings. The number of rotatable bonds is 6. The molecule has 1 heterocycles. The molecule has 1 aliphatic heterocycles. The van der Waals surface area contributed by atoms with Crippen LogP contribution >= 0.6 is 0 Å². The third-order valence-corrected chi connectivity index (χ3v) is 3.64. The Labute approximate surface area is 119 Å². The topological polar surface area (TPSA) is 55.8 Å². The standard InChI is InChI=1S/C16H22O4/c1-12(2)10-19-8-7-16(15(17)18)9-13-5-3-4-6-14(13)20-11-16/h3-6,12H,7-11H2,1-2H3,(H,17,18). The van der Waals surface area contributed by atoms with Crippen LogP contribution in [0.15, 0.2) is 24.3 Å². The fraction of sp³-hybridized carbons (Fsp3) is 0.562. The van der Waals surface area contributed by atoms with Crippen LogP contribution in [0.3, 0.4) is 0 Å². The fourth-order valence-corrected chi connectivity index (χ4v) is 2.41. The molecule has 0 bridgehead atoms. The van der Waals surface area contributed by atoms with E-state index < -0.39 is 11.4 Å². The van der Waals surface area contributed by atoms with Gasteiger partial charge in [0.15, 0.2) is 0 Å². The summed E-state index contributed by atoms with van der Waals surface area (Å²) in [7, 11) is 0. The molecule has 0 spiro atoms. The monoisotopic (exact) mass is 278 g/mol. The second kappa shape index (κ2) is 6.27. The lowest BCUT2D eigenvalue weighted by molar-refractivity contribution is -0.153. The fourth-order valence-electron chi connectivity index (χ4n) is 2.41. The van der Waals surface area contributed by atoms with Crippen LogP contribution in [0.4, 0.5) is 0 Å². The normalized spacial score (nSPS) is 21.4. The number of fused-ring (bicyclic) bond motifs is 1. The summed E-state index contributed by atoms with van der Waals surface area (Å²) in [6, 6.07) is 7.63. The van der Waals surface area contributed by atoms with E-state index >= 15 is 0 Å². The molecule has 4 nitrogen and oxygen atoms in total. The molecule has 0 aliphatic carbocycles. The molecule has 1 aromatic rings. The molecule has 1 atom stereocenters. The van der Waals surface area contributed by atoms with Crippen LogP contribution in [-0.4, -0.2) is 30.9 Å². The van der Waals surface area contributed by atoms with Gasteiger partial charge >= 0.3 is 5.97 Å². The minimum absolute atomic E-state index is 0.213. The van der Waals surface area contributed by atoms with Crippen molar-refractivity contribution in [3.63, 3.8) is 0 Å². The SMILES string of the molecule is CC(C)COCCC1(C(=O)O)COc2ccccc2C1. The molecule has 4 heteroatoms. The molecule has 1 N–H and O–H groups in total. The van der Waals surface area contributed by atoms with Gasteiger partial charge in [-0.2, -0.15) is 0 Å². The molecule has 0 saturated carbocycles. The van der Waals surface area contributed by atoms with Gasteiger partial charge in [-0.15, -0.1) is 0 Å². The summed E-state index contributed by atoms with van der Waals surface area (Å²) >= 11 is 0. The minimum Gasteiger partial charge on any atom is -0.492 e. The van der Waals surface area contributed by atoms with Crippen LogP contribution in [-0.2, 0) is 16.0 Å². The van der Waals surface area contributed by atoms with Crippen LogP contribution in [0.1, 0.15) is 25.8 Å². The molecule has 0 fully saturated rings. The van der Waals surface area contributed by atoms with Crippen molar-refractivity contribution in [2.24, 2.45) is 11.3 Å². The van der Waals surface area contributed by atoms with E-state index in [0.717, 1.165) is 11.3 Å². The number of aliphatic carboxylic acids is 1. The van der Waals surface area contributed by atoms with Crippen molar-refractivity contribution in [1.29, 1.82) is 0 Å². The summed E-state index contributed by atoms with van der Waals surface area (Å²) in [5, 5.41) is 9.59. The Kier molecular flexibility index (Phi) is 4.65. The highest BCUT2D eigenvalue weighted by Gasteiger charge is 2.42. The zero-order valence-corrected chi connectivity index (χ0v) is 12.1. The maximum Gasteiger partial charge on any atom is 0.313 e. The van der Waals surface area contributed by atoms with Gasteiger partial charge in [-0.3, -0.25) is 4.79 Å². The van der Waals surface area contributed by atoms with E-state index in [9.17, 15) is 9.90 Å². The molecule has 1 unspecified atom stereocenters. The number of hydrogen-bond donors (Lipinski definition) is 1. The van der Waals surface area contributed by atoms with Crippen molar-refractivity contribution in [3.8, 4) is 5.75 Å². The summed E-state index contributed by atoms with van der Waals surface area (Å²) in [6.07, 6.45) is 0.979. The van der Waals surface area contributed by atoms with E-state index in [1.807, 2.05) is 24.3 Å². The second-order valence-corrected chi connectivity index (χ2v) is 5.88. The molecule has 0 radical (unpaired) electrons. The highest BCUT2D eigenvalue weighted by Crippen LogP contribution is 2.37. The number of carboxylic acids is 1. The molecular formula is C16H22O4. The lowest BCUT2D eigenvalue weighted by atomic mass is 9.78. The zero-order valence-electron chi connectivity index (χ0n) is 12.1. The van der Waals surface area contributed by atoms with E-state index in [1.165, 1.54) is 0 Å². The van der Waals surface area contributed by atoms with Crippen molar-refractivity contribution >= 4 is 5.97 Å². The molecule has 20 heavy (non-hydrogen) atoms. The first kappa shape index (κ1) is 14.9. The second-order valence-electron chi connectivity index (χ2n) is 5.88. The third kappa shape index (κ3) is 3.31. The number of carboxylic acid groups (broad SMARTS) is 1. The molecule has 110 valence electrons. The molecule has 2 rings (SSSR count). The Hall–Kier alpha value is -1.55. The summed E-state index contributed by atoms with van der Waals surface area (Å²) < 4.78 is 11.2. The first-order valence-corrected chi connectivity index (χ1v) is 7.05. The van der Waals surface area contributed by atoms with Gasteiger partial charge in [-0.1, -0.05) is 32.0 Å². The van der Waals surface area contributed by atoms with E-state index in [2.05, 4.69) is 13.8 Å². The van der Waals surface area contributed by atoms with Gasteiger partial charge in [0.05, 0.1) is 0 Å². The Morgan fingerprint density at radius 1 is 1.45 bits per heavy atom. The van der Waals surface area contributed by atoms with Crippen molar-refractivity contribution in [2.45, 2.75) is 26.7 Å². The third-order valence-electron chi connectivity index (χ3n) is 3.64. The first-order chi connectivity index (χ1) is 9.53. The van der Waals surface area contributed by atoms with Crippen molar-refractivity contribution in [1.82, 2.24) is 0 Å². The summed E-state index contributed by atoms with van der Waals surface area (Å²) in [4.78, 5) is 11.7. The van der Waals surface area contributed by atoms with Gasteiger partial charge in [0.2, 0.25) is 0 Å². The number of para-hydroxylation sites is 1. The average Bonchev–Trinajstić information content (AvgIpc) is 2.43. The smallest absolute Gasteiger partial charge is 0.313 e. The lowest BCUT2D eigenvalue weighted by Crippen LogP contribution is -2.43. The van der Waals surface area contributed by atoms with Gasteiger partial charge in [-0.25, -0.2) is 0 Å². The van der Waals surface area contributed by atoms with Gasteiger partial charge in [0, 0.05) is 13.2 Å². The van der Waals surface area contributed by atoms with Crippen LogP contribution in [0.5, 0.6) is 5.75 Å². The lowest BCUT2D eigenvalue weighted by Gasteiger charge is -2.34. The van der Waals surface area contributed by atoms with E-state index in [1.54, 1.807) is 0 Å². The van der Waals surface area contributed by atoms with E-state index in [0.29, 0.717) is 32.0 Å². The van der Waals surface area contributed by atoms with Gasteiger partial charge in [0.25, 0.3) is 0 Å². The van der Waals surface area contributed by atoms with Crippen LogP contribution in [0.2, 0.25) is 0 Å². The maximum absolute atomic E-state index is 11.7. The van der Waals surface area contributed by atoms with Crippen LogP contribution < -0.4 is 4.74 Å². The summed E-state index contributed by atoms with van der Waals surface area (Å²) in [5.41, 5.74) is 0.0933. The Morgan fingerprint density at radius 3 is 2.90 bits per heavy atom. The molecule has 0 amide bonds. The average molecular weight is 278 g/mol. The van der Waals surface area contributed by atoms with E-state index in [4.69, 9.17) is 9.47 Å².